The molecule has 0 spiro atoms. The van der Waals surface area contributed by atoms with E-state index in [1.807, 2.05) is 42.5 Å². The average molecular weight is 414 g/mol. The monoisotopic (exact) mass is 413 g/mol. The van der Waals surface area contributed by atoms with Gasteiger partial charge >= 0.3 is 0 Å². The minimum atomic E-state index is -0.252. The second kappa shape index (κ2) is 7.15. The van der Waals surface area contributed by atoms with Gasteiger partial charge in [0.1, 0.15) is 5.69 Å². The second-order valence-electron chi connectivity index (χ2n) is 9.41. The molecule has 31 heavy (non-hydrogen) atoms. The highest BCUT2D eigenvalue weighted by molar-refractivity contribution is 6.01. The van der Waals surface area contributed by atoms with E-state index < -0.39 is 0 Å². The maximum atomic E-state index is 13.2. The Morgan fingerprint density at radius 1 is 1.16 bits per heavy atom. The first kappa shape index (κ1) is 19.7. The number of nitrogens with zero attached hydrogens (tertiary/aromatic N) is 4. The van der Waals surface area contributed by atoms with Crippen molar-refractivity contribution in [1.82, 2.24) is 20.2 Å². The van der Waals surface area contributed by atoms with Crippen molar-refractivity contribution in [2.45, 2.75) is 40.0 Å². The van der Waals surface area contributed by atoms with Crippen LogP contribution in [0.5, 0.6) is 0 Å². The summed E-state index contributed by atoms with van der Waals surface area (Å²) in [6, 6.07) is 13.5. The third kappa shape index (κ3) is 3.09. The van der Waals surface area contributed by atoms with Crippen molar-refractivity contribution in [2.75, 3.05) is 0 Å². The lowest BCUT2D eigenvalue weighted by Crippen LogP contribution is -2.34. The van der Waals surface area contributed by atoms with Gasteiger partial charge in [-0.2, -0.15) is 10.2 Å². The molecule has 1 amide bonds. The van der Waals surface area contributed by atoms with Crippen LogP contribution in [0.1, 0.15) is 50.4 Å². The van der Waals surface area contributed by atoms with Crippen LogP contribution < -0.4 is 5.43 Å². The third-order valence-corrected chi connectivity index (χ3v) is 7.72. The Labute approximate surface area is 182 Å². The van der Waals surface area contributed by atoms with E-state index in [9.17, 15) is 4.79 Å². The molecule has 2 aromatic heterocycles. The van der Waals surface area contributed by atoms with Gasteiger partial charge in [-0.05, 0) is 54.9 Å². The number of rotatable bonds is 4. The summed E-state index contributed by atoms with van der Waals surface area (Å²) in [6.07, 6.45) is 8.53. The highest BCUT2D eigenvalue weighted by Gasteiger charge is 2.60. The zero-order valence-electron chi connectivity index (χ0n) is 18.2. The normalized spacial score (nSPS) is 25.1. The van der Waals surface area contributed by atoms with Gasteiger partial charge in [-0.1, -0.05) is 39.0 Å². The van der Waals surface area contributed by atoms with Gasteiger partial charge in [0.15, 0.2) is 0 Å². The Kier molecular flexibility index (Phi) is 4.54. The number of aromatic nitrogens is 3. The van der Waals surface area contributed by atoms with Gasteiger partial charge < -0.3 is 0 Å². The molecule has 0 unspecified atom stereocenters. The first-order valence-corrected chi connectivity index (χ1v) is 10.8. The molecule has 6 nitrogen and oxygen atoms in total. The highest BCUT2D eigenvalue weighted by Crippen LogP contribution is 2.63. The number of hydrogen-bond acceptors (Lipinski definition) is 4. The molecule has 2 bridgehead atoms. The van der Waals surface area contributed by atoms with E-state index >= 15 is 0 Å². The molecule has 0 aliphatic heterocycles. The number of fused-ring (bicyclic) bond motifs is 2. The van der Waals surface area contributed by atoms with E-state index in [1.165, 1.54) is 6.42 Å². The van der Waals surface area contributed by atoms with Crippen molar-refractivity contribution in [1.29, 1.82) is 0 Å². The summed E-state index contributed by atoms with van der Waals surface area (Å²) in [4.78, 5) is 17.4. The molecule has 1 aromatic carbocycles. The molecule has 2 saturated carbocycles. The molecule has 2 heterocycles. The van der Waals surface area contributed by atoms with Gasteiger partial charge in [-0.15, -0.1) is 0 Å². The summed E-state index contributed by atoms with van der Waals surface area (Å²) in [6.45, 7) is 6.96. The van der Waals surface area contributed by atoms with Crippen molar-refractivity contribution in [3.63, 3.8) is 0 Å². The van der Waals surface area contributed by atoms with Crippen molar-refractivity contribution in [2.24, 2.45) is 21.8 Å². The zero-order valence-corrected chi connectivity index (χ0v) is 18.2. The van der Waals surface area contributed by atoms with Gasteiger partial charge in [-0.3, -0.25) is 9.78 Å². The van der Waals surface area contributed by atoms with Gasteiger partial charge in [0.05, 0.1) is 11.3 Å². The Hall–Kier alpha value is -3.28. The first-order chi connectivity index (χ1) is 14.9. The maximum absolute atomic E-state index is 13.2. The predicted octanol–water partition coefficient (Wildman–Crippen LogP) is 4.87. The Balaban J connectivity index is 1.48. The number of hydrogen-bond donors (Lipinski definition) is 1. The molecule has 2 atom stereocenters. The number of carbonyl (C=O) groups is 1. The molecule has 0 saturated heterocycles. The van der Waals surface area contributed by atoms with E-state index in [0.29, 0.717) is 17.2 Å². The molecule has 5 rings (SSSR count). The molecule has 1 N–H and O–H groups in total. The van der Waals surface area contributed by atoms with Gasteiger partial charge in [-0.25, -0.2) is 10.1 Å². The Morgan fingerprint density at radius 2 is 1.97 bits per heavy atom. The molecule has 2 fully saturated rings. The van der Waals surface area contributed by atoms with E-state index in [0.717, 1.165) is 29.8 Å². The zero-order chi connectivity index (χ0) is 21.6. The first-order valence-electron chi connectivity index (χ1n) is 10.8. The predicted molar refractivity (Wildman–Crippen MR) is 121 cm³/mol. The number of amides is 1. The smallest absolute Gasteiger partial charge is 0.267 e. The molecular formula is C25H27N5O. The van der Waals surface area contributed by atoms with E-state index in [1.54, 1.807) is 23.3 Å². The van der Waals surface area contributed by atoms with Crippen LogP contribution in [0.2, 0.25) is 0 Å². The molecule has 6 heteroatoms. The second-order valence-corrected chi connectivity index (χ2v) is 9.41. The summed E-state index contributed by atoms with van der Waals surface area (Å²) < 4.78 is 1.73. The van der Waals surface area contributed by atoms with Crippen LogP contribution in [0.15, 0.2) is 66.2 Å². The molecule has 3 aromatic rings. The third-order valence-electron chi connectivity index (χ3n) is 7.72. The number of para-hydroxylation sites is 1. The summed E-state index contributed by atoms with van der Waals surface area (Å²) >= 11 is 0. The minimum Gasteiger partial charge on any atom is -0.267 e. The number of hydrazone groups is 1. The van der Waals surface area contributed by atoms with E-state index in [2.05, 4.69) is 36.3 Å². The largest absolute Gasteiger partial charge is 0.275 e. The fraction of sp³-hybridized carbons (Fsp3) is 0.360. The molecule has 2 aliphatic carbocycles. The average Bonchev–Trinajstić information content (AvgIpc) is 3.39. The molecular weight excluding hydrogens is 386 g/mol. The van der Waals surface area contributed by atoms with Crippen LogP contribution in [-0.4, -0.2) is 26.4 Å². The topological polar surface area (TPSA) is 72.2 Å². The van der Waals surface area contributed by atoms with Crippen molar-refractivity contribution < 1.29 is 4.79 Å². The Morgan fingerprint density at radius 3 is 2.61 bits per heavy atom. The molecule has 158 valence electrons. The SMILES string of the molecule is CC1(C)[C@@H]2CC[C@@]1(C)/C(=N/NC(=O)c1cn(-c3ccccc3)nc1-c1cccnc1)C2. The lowest BCUT2D eigenvalue weighted by atomic mass is 9.70. The van der Waals surface area contributed by atoms with Crippen molar-refractivity contribution in [3.05, 3.63) is 66.6 Å². The van der Waals surface area contributed by atoms with E-state index in [-0.39, 0.29) is 16.7 Å². The minimum absolute atomic E-state index is 0.0470. The molecule has 2 aliphatic rings. The Bertz CT molecular complexity index is 1150. The van der Waals surface area contributed by atoms with Crippen LogP contribution in [-0.2, 0) is 0 Å². The van der Waals surface area contributed by atoms with Crippen LogP contribution >= 0.6 is 0 Å². The fourth-order valence-corrected chi connectivity index (χ4v) is 5.25. The lowest BCUT2D eigenvalue weighted by molar-refractivity contribution is 0.0954. The van der Waals surface area contributed by atoms with Crippen LogP contribution in [0.4, 0.5) is 0 Å². The van der Waals surface area contributed by atoms with Gasteiger partial charge in [0, 0.05) is 35.3 Å². The summed E-state index contributed by atoms with van der Waals surface area (Å²) in [5.41, 5.74) is 6.97. The molecule has 0 radical (unpaired) electrons. The van der Waals surface area contributed by atoms with Crippen molar-refractivity contribution in [3.8, 4) is 16.9 Å². The van der Waals surface area contributed by atoms with Crippen molar-refractivity contribution >= 4 is 11.6 Å². The summed E-state index contributed by atoms with van der Waals surface area (Å²) in [5, 5.41) is 9.32. The summed E-state index contributed by atoms with van der Waals surface area (Å²) in [7, 11) is 0. The van der Waals surface area contributed by atoms with Crippen LogP contribution in [0, 0.1) is 16.7 Å². The number of carbonyl (C=O) groups excluding carboxylic acids is 1. The van der Waals surface area contributed by atoms with Gasteiger partial charge in [0.25, 0.3) is 5.91 Å². The summed E-state index contributed by atoms with van der Waals surface area (Å²) in [5.74, 6) is 0.387. The van der Waals surface area contributed by atoms with Crippen LogP contribution in [0.25, 0.3) is 16.9 Å². The number of pyridine rings is 1. The quantitative estimate of drug-likeness (QED) is 0.621. The maximum Gasteiger partial charge on any atom is 0.275 e. The van der Waals surface area contributed by atoms with Gasteiger partial charge in [0.2, 0.25) is 0 Å². The standard InChI is InChI=1S/C25H27N5O/c1-24(2)18-11-12-25(24,3)21(14-18)27-28-23(31)20-16-30(19-9-5-4-6-10-19)29-22(20)17-8-7-13-26-15-17/h4-10,13,15-16,18H,11-12,14H2,1-3H3,(H,28,31)/b27-21+/t18-,25+/m1/s1. The van der Waals surface area contributed by atoms with E-state index in [4.69, 9.17) is 5.10 Å². The number of benzene rings is 1. The number of nitrogens with one attached hydrogen (secondary N) is 1. The lowest BCUT2D eigenvalue weighted by Gasteiger charge is -2.34. The van der Waals surface area contributed by atoms with Crippen LogP contribution in [0.3, 0.4) is 0 Å². The highest BCUT2D eigenvalue weighted by atomic mass is 16.2. The fourth-order valence-electron chi connectivity index (χ4n) is 5.25.